The molecule has 0 radical (unpaired) electrons. The standard InChI is InChI=1S/C13H9.C7H7NO.2CH3.CH2.2ClH.Ti/c1-3-7-12-10(5-1)9-11-6-2-4-8-13(11)12;8-7(9)6-4-2-1-3-5-6;;;;;;/h1-9H;1-5H,(H2,8,9);2*1H3;1H2;2*1H;/q;;;;;;;+3/p-3. The van der Waals surface area contributed by atoms with Crippen LogP contribution < -0.4 is 3.80 Å². The van der Waals surface area contributed by atoms with Crippen LogP contribution in [0.1, 0.15) is 25.7 Å². The Kier molecular flexibility index (Phi) is 3.55. The number of fused-ring (bicyclic) bond motifs is 3. The van der Waals surface area contributed by atoms with Crippen LogP contribution in [0.5, 0.6) is 0 Å². The van der Waals surface area contributed by atoms with Gasteiger partial charge in [-0.1, -0.05) is 0 Å². The molecular weight excluding hydrogens is 425 g/mol. The SMILES string of the molecule is [CH2]=[Ti]([CH3])([CH3])([Cl])([Cl])([NH]C(=O)c1ccccc1)[CH]1c2ccccc2-c2ccccc21. The summed E-state index contributed by atoms with van der Waals surface area (Å²) >= 11 is 0. The zero-order valence-electron chi connectivity index (χ0n) is 16.0. The summed E-state index contributed by atoms with van der Waals surface area (Å²) in [4.78, 5) is 17.7. The Labute approximate surface area is 169 Å². The van der Waals surface area contributed by atoms with Crippen molar-refractivity contribution in [3.8, 4) is 11.1 Å². The molecule has 0 spiro atoms. The number of hydrogen-bond acceptors (Lipinski definition) is 1. The van der Waals surface area contributed by atoms with E-state index in [1.165, 1.54) is 0 Å². The van der Waals surface area contributed by atoms with Gasteiger partial charge in [-0.05, 0) is 0 Å². The Morgan fingerprint density at radius 2 is 1.25 bits per heavy atom. The summed E-state index contributed by atoms with van der Waals surface area (Å²) in [6.07, 6.45) is 0. The number of carbonyl (C=O) groups excluding carboxylic acids is 1. The van der Waals surface area contributed by atoms with E-state index >= 15 is 0 Å². The van der Waals surface area contributed by atoms with E-state index in [-0.39, 0.29) is 5.91 Å². The van der Waals surface area contributed by atoms with Crippen molar-refractivity contribution < 1.29 is 15.2 Å². The second-order valence-electron chi connectivity index (χ2n) is 9.74. The van der Waals surface area contributed by atoms with Crippen LogP contribution in [-0.4, -0.2) is 10.7 Å². The van der Waals surface area contributed by atoms with E-state index in [2.05, 4.69) is 20.7 Å². The van der Waals surface area contributed by atoms with Crippen LogP contribution in [0.15, 0.2) is 78.9 Å². The number of hydrogen-bond donors (Lipinski definition) is 1. The summed E-state index contributed by atoms with van der Waals surface area (Å²) < 4.78 is 2.66. The molecule has 1 aliphatic carbocycles. The summed E-state index contributed by atoms with van der Waals surface area (Å²) in [5.41, 5.74) is 4.66. The third kappa shape index (κ3) is 3.19. The maximum atomic E-state index is 13.2. The summed E-state index contributed by atoms with van der Waals surface area (Å²) in [5, 5.41) is 3.54. The van der Waals surface area contributed by atoms with Gasteiger partial charge in [0.2, 0.25) is 0 Å². The van der Waals surface area contributed by atoms with E-state index in [0.717, 1.165) is 22.3 Å². The van der Waals surface area contributed by atoms with Crippen molar-refractivity contribution in [1.29, 1.82) is 0 Å². The average Bonchev–Trinajstić information content (AvgIpc) is 2.97. The molecule has 0 aromatic heterocycles. The van der Waals surface area contributed by atoms with Crippen LogP contribution in [0, 0.1) is 0 Å². The minimum atomic E-state index is -5.97. The molecule has 28 heavy (non-hydrogen) atoms. The molecule has 0 atom stereocenters. The van der Waals surface area contributed by atoms with Gasteiger partial charge in [-0.3, -0.25) is 0 Å². The summed E-state index contributed by atoms with van der Waals surface area (Å²) in [7, 11) is 9.05. The van der Waals surface area contributed by atoms with Gasteiger partial charge in [-0.2, -0.15) is 0 Å². The molecule has 1 N–H and O–H groups in total. The number of nitrogens with one attached hydrogen (secondary N) is 1. The van der Waals surface area contributed by atoms with Crippen molar-refractivity contribution in [2.24, 2.45) is 0 Å². The first-order valence-electron chi connectivity index (χ1n) is 9.37. The van der Waals surface area contributed by atoms with Crippen LogP contribution in [0.4, 0.5) is 0 Å². The predicted octanol–water partition coefficient (Wildman–Crippen LogP) is 6.70. The number of carbonyl (C=O) groups is 1. The van der Waals surface area contributed by atoms with Crippen LogP contribution in [0.2, 0.25) is 10.5 Å². The third-order valence-corrected chi connectivity index (χ3v) is 14.7. The second kappa shape index (κ2) is 5.06. The second-order valence-corrected chi connectivity index (χ2v) is 38.6. The van der Waals surface area contributed by atoms with Crippen molar-refractivity contribution in [1.82, 2.24) is 3.80 Å². The molecule has 0 saturated heterocycles. The number of rotatable bonds is 3. The molecular formula is C23H23Cl2NOTi. The first-order chi connectivity index (χ1) is 12.8. The molecule has 1 amide bonds. The van der Waals surface area contributed by atoms with E-state index in [4.69, 9.17) is 18.6 Å². The first-order valence-corrected chi connectivity index (χ1v) is 19.6. The minimum absolute atomic E-state index is 0.317. The fourth-order valence-electron chi connectivity index (χ4n) is 4.58. The summed E-state index contributed by atoms with van der Waals surface area (Å²) in [6, 6.07) is 25.1. The van der Waals surface area contributed by atoms with Gasteiger partial charge in [-0.25, -0.2) is 0 Å². The Morgan fingerprint density at radius 3 is 1.75 bits per heavy atom. The molecule has 1 aliphatic rings. The fraction of sp³-hybridized carbons (Fsp3) is 0.130. The van der Waals surface area contributed by atoms with Crippen molar-refractivity contribution in [3.05, 3.63) is 95.6 Å². The molecule has 3 aromatic carbocycles. The van der Waals surface area contributed by atoms with Crippen LogP contribution in [0.25, 0.3) is 11.1 Å². The molecule has 5 heteroatoms. The molecule has 0 unspecified atom stereocenters. The topological polar surface area (TPSA) is 29.1 Å². The van der Waals surface area contributed by atoms with Crippen LogP contribution in [0.3, 0.4) is 0 Å². The van der Waals surface area contributed by atoms with Gasteiger partial charge < -0.3 is 0 Å². The Balaban J connectivity index is 1.97. The van der Waals surface area contributed by atoms with Gasteiger partial charge >= 0.3 is 170 Å². The van der Waals surface area contributed by atoms with E-state index in [9.17, 15) is 4.79 Å². The molecule has 0 aliphatic heterocycles. The van der Waals surface area contributed by atoms with E-state index in [0.29, 0.717) is 5.56 Å². The van der Waals surface area contributed by atoms with Crippen LogP contribution in [-0.2, 0) is 10.4 Å². The van der Waals surface area contributed by atoms with Gasteiger partial charge in [-0.15, -0.1) is 0 Å². The predicted molar refractivity (Wildman–Crippen MR) is 118 cm³/mol. The molecule has 0 heterocycles. The monoisotopic (exact) mass is 447 g/mol. The maximum absolute atomic E-state index is 13.2. The van der Waals surface area contributed by atoms with Crippen molar-refractivity contribution in [2.75, 3.05) is 0 Å². The van der Waals surface area contributed by atoms with Crippen molar-refractivity contribution in [2.45, 2.75) is 14.7 Å². The molecule has 144 valence electrons. The Hall–Kier alpha value is -1.71. The molecule has 3 aromatic rings. The number of halogens is 2. The van der Waals surface area contributed by atoms with E-state index in [1.807, 2.05) is 54.6 Å². The zero-order chi connectivity index (χ0) is 20.3. The zero-order valence-corrected chi connectivity index (χ0v) is 19.0. The number of benzene rings is 3. The van der Waals surface area contributed by atoms with Gasteiger partial charge in [0.25, 0.3) is 0 Å². The molecule has 0 bridgehead atoms. The van der Waals surface area contributed by atoms with Gasteiger partial charge in [0.05, 0.1) is 0 Å². The number of amides is 1. The molecule has 2 nitrogen and oxygen atoms in total. The summed E-state index contributed by atoms with van der Waals surface area (Å²) in [5.74, 6) is -0.317. The molecule has 0 fully saturated rings. The average molecular weight is 448 g/mol. The fourth-order valence-corrected chi connectivity index (χ4v) is 13.7. The quantitative estimate of drug-likeness (QED) is 0.444. The molecule has 4 rings (SSSR count). The normalized spacial score (nSPS) is 17.4. The van der Waals surface area contributed by atoms with Crippen LogP contribution >= 0.6 is 18.6 Å². The van der Waals surface area contributed by atoms with Crippen molar-refractivity contribution >= 4 is 29.3 Å². The van der Waals surface area contributed by atoms with Gasteiger partial charge in [0, 0.05) is 0 Å². The van der Waals surface area contributed by atoms with Gasteiger partial charge in [0.1, 0.15) is 0 Å². The van der Waals surface area contributed by atoms with E-state index < -0.39 is 14.6 Å². The van der Waals surface area contributed by atoms with Gasteiger partial charge in [0.15, 0.2) is 0 Å². The molecule has 0 saturated carbocycles. The Morgan fingerprint density at radius 1 is 0.821 bits per heavy atom. The van der Waals surface area contributed by atoms with E-state index in [1.54, 1.807) is 22.6 Å². The first kappa shape index (κ1) is 19.6. The summed E-state index contributed by atoms with van der Waals surface area (Å²) in [6.45, 7) is 0. The van der Waals surface area contributed by atoms with Crippen molar-refractivity contribution in [3.63, 3.8) is 0 Å². The third-order valence-electron chi connectivity index (χ3n) is 5.63. The Bertz CT molecular complexity index is 1190.